The second-order valence-corrected chi connectivity index (χ2v) is 7.06. The number of rotatable bonds is 7. The lowest BCUT2D eigenvalue weighted by Crippen LogP contribution is -2.38. The summed E-state index contributed by atoms with van der Waals surface area (Å²) in [6.07, 6.45) is 8.73. The van der Waals surface area contributed by atoms with Crippen molar-refractivity contribution in [2.75, 3.05) is 6.54 Å². The van der Waals surface area contributed by atoms with Crippen molar-refractivity contribution in [3.8, 4) is 0 Å². The Kier molecular flexibility index (Phi) is 8.47. The fraction of sp³-hybridized carbons (Fsp3) is 0.450. The van der Waals surface area contributed by atoms with Crippen molar-refractivity contribution in [1.82, 2.24) is 20.4 Å². The van der Waals surface area contributed by atoms with E-state index in [0.29, 0.717) is 12.1 Å². The fourth-order valence-electron chi connectivity index (χ4n) is 3.36. The summed E-state index contributed by atoms with van der Waals surface area (Å²) in [4.78, 5) is 24.4. The quantitative estimate of drug-likeness (QED) is 0.657. The van der Waals surface area contributed by atoms with Gasteiger partial charge in [0.15, 0.2) is 0 Å². The van der Waals surface area contributed by atoms with Crippen molar-refractivity contribution in [2.24, 2.45) is 5.73 Å². The van der Waals surface area contributed by atoms with Gasteiger partial charge in [-0.25, -0.2) is 0 Å². The third-order valence-electron chi connectivity index (χ3n) is 4.88. The third-order valence-corrected chi connectivity index (χ3v) is 4.88. The summed E-state index contributed by atoms with van der Waals surface area (Å²) in [5, 5.41) is 9.98. The number of benzene rings is 1. The number of carbonyl (C=O) groups is 2. The lowest BCUT2D eigenvalue weighted by atomic mass is 9.95. The van der Waals surface area contributed by atoms with Gasteiger partial charge in [0, 0.05) is 24.8 Å². The zero-order valence-corrected chi connectivity index (χ0v) is 16.7. The van der Waals surface area contributed by atoms with E-state index in [1.807, 2.05) is 30.3 Å². The largest absolute Gasteiger partial charge is 0.352 e. The van der Waals surface area contributed by atoms with Gasteiger partial charge >= 0.3 is 0 Å². The van der Waals surface area contributed by atoms with E-state index in [4.69, 9.17) is 5.73 Å². The van der Waals surface area contributed by atoms with Crippen LogP contribution in [-0.4, -0.2) is 34.2 Å². The maximum Gasteiger partial charge on any atom is 0.254 e. The predicted molar refractivity (Wildman–Crippen MR) is 110 cm³/mol. The first kappa shape index (κ1) is 21.9. The molecule has 1 aromatic carbocycles. The molecular formula is C20H28ClN5O2. The maximum absolute atomic E-state index is 12.3. The number of amides is 2. The van der Waals surface area contributed by atoms with Crippen LogP contribution in [0.15, 0.2) is 42.7 Å². The summed E-state index contributed by atoms with van der Waals surface area (Å²) in [5.74, 6) is -0.316. The molecule has 1 saturated carbocycles. The molecule has 2 aromatic rings. The summed E-state index contributed by atoms with van der Waals surface area (Å²) in [6, 6.07) is 9.61. The number of nitrogens with two attached hydrogens (primary N) is 1. The average Bonchev–Trinajstić information content (AvgIpc) is 3.15. The summed E-state index contributed by atoms with van der Waals surface area (Å²) in [6.45, 7) is 0.448. The van der Waals surface area contributed by atoms with Gasteiger partial charge in [-0.15, -0.1) is 12.4 Å². The van der Waals surface area contributed by atoms with Crippen LogP contribution in [0.5, 0.6) is 0 Å². The summed E-state index contributed by atoms with van der Waals surface area (Å²) in [5.41, 5.74) is 7.48. The van der Waals surface area contributed by atoms with Crippen LogP contribution in [0, 0.1) is 0 Å². The number of halogens is 1. The Morgan fingerprint density at radius 3 is 2.61 bits per heavy atom. The molecule has 28 heavy (non-hydrogen) atoms. The highest BCUT2D eigenvalue weighted by molar-refractivity contribution is 5.93. The number of hydrogen-bond acceptors (Lipinski definition) is 4. The zero-order valence-electron chi connectivity index (χ0n) is 15.8. The van der Waals surface area contributed by atoms with Crippen molar-refractivity contribution in [2.45, 2.75) is 50.7 Å². The van der Waals surface area contributed by atoms with E-state index in [1.165, 1.54) is 30.1 Å². The molecule has 7 nitrogen and oxygen atoms in total. The third kappa shape index (κ3) is 6.35. The van der Waals surface area contributed by atoms with E-state index in [2.05, 4.69) is 15.7 Å². The summed E-state index contributed by atoms with van der Waals surface area (Å²) >= 11 is 0. The smallest absolute Gasteiger partial charge is 0.254 e. The van der Waals surface area contributed by atoms with Gasteiger partial charge in [-0.05, 0) is 18.4 Å². The van der Waals surface area contributed by atoms with Gasteiger partial charge in [-0.2, -0.15) is 5.10 Å². The van der Waals surface area contributed by atoms with Crippen LogP contribution in [0.2, 0.25) is 0 Å². The maximum atomic E-state index is 12.3. The van der Waals surface area contributed by atoms with E-state index in [1.54, 1.807) is 6.20 Å². The molecule has 0 spiro atoms. The Morgan fingerprint density at radius 1 is 1.18 bits per heavy atom. The minimum Gasteiger partial charge on any atom is -0.352 e. The molecule has 2 amide bonds. The minimum atomic E-state index is -0.272. The molecule has 8 heteroatoms. The van der Waals surface area contributed by atoms with Crippen molar-refractivity contribution < 1.29 is 9.59 Å². The van der Waals surface area contributed by atoms with Gasteiger partial charge < -0.3 is 16.4 Å². The monoisotopic (exact) mass is 405 g/mol. The highest BCUT2D eigenvalue weighted by atomic mass is 35.5. The van der Waals surface area contributed by atoms with Crippen LogP contribution >= 0.6 is 12.4 Å². The van der Waals surface area contributed by atoms with E-state index >= 15 is 0 Å². The van der Waals surface area contributed by atoms with Gasteiger partial charge in [0.1, 0.15) is 6.54 Å². The minimum absolute atomic E-state index is 0. The van der Waals surface area contributed by atoms with Crippen LogP contribution in [0.3, 0.4) is 0 Å². The Labute approximate surface area is 171 Å². The Bertz CT molecular complexity index is 759. The molecule has 1 aliphatic carbocycles. The first-order chi connectivity index (χ1) is 13.1. The average molecular weight is 406 g/mol. The van der Waals surface area contributed by atoms with Crippen LogP contribution in [-0.2, 0) is 11.3 Å². The lowest BCUT2D eigenvalue weighted by Gasteiger charge is -2.22. The molecule has 0 radical (unpaired) electrons. The first-order valence-electron chi connectivity index (χ1n) is 9.52. The molecule has 4 N–H and O–H groups in total. The molecule has 1 aliphatic rings. The second-order valence-electron chi connectivity index (χ2n) is 7.06. The molecule has 1 unspecified atom stereocenters. The number of aromatic nitrogens is 2. The topological polar surface area (TPSA) is 102 Å². The van der Waals surface area contributed by atoms with Gasteiger partial charge in [0.25, 0.3) is 5.91 Å². The molecule has 1 aromatic heterocycles. The number of nitrogens with zero attached hydrogens (tertiary/aromatic N) is 2. The first-order valence-corrected chi connectivity index (χ1v) is 9.52. The predicted octanol–water partition coefficient (Wildman–Crippen LogP) is 2.18. The van der Waals surface area contributed by atoms with Crippen molar-refractivity contribution in [3.63, 3.8) is 0 Å². The van der Waals surface area contributed by atoms with Gasteiger partial charge in [0.05, 0.1) is 11.8 Å². The molecule has 0 aliphatic heterocycles. The van der Waals surface area contributed by atoms with E-state index < -0.39 is 0 Å². The van der Waals surface area contributed by atoms with Gasteiger partial charge in [0.2, 0.25) is 5.91 Å². The molecule has 1 heterocycles. The van der Waals surface area contributed by atoms with E-state index in [0.717, 1.165) is 18.4 Å². The molecule has 3 rings (SSSR count). The van der Waals surface area contributed by atoms with Crippen molar-refractivity contribution >= 4 is 24.2 Å². The van der Waals surface area contributed by atoms with Gasteiger partial charge in [-0.3, -0.25) is 14.3 Å². The summed E-state index contributed by atoms with van der Waals surface area (Å²) < 4.78 is 1.49. The standard InChI is InChI=1S/C20H27N5O2.ClH/c21-18(15-7-3-1-4-8-15)12-22-20(27)16-11-23-25(13-16)14-19(26)24-17-9-5-2-6-10-17;/h1,3-4,7-8,11,13,17-18H,2,5-6,9-10,12,14,21H2,(H,22,27)(H,24,26);1H. The zero-order chi connectivity index (χ0) is 19.1. The summed E-state index contributed by atoms with van der Waals surface area (Å²) in [7, 11) is 0. The highest BCUT2D eigenvalue weighted by Gasteiger charge is 2.17. The van der Waals surface area contributed by atoms with E-state index in [-0.39, 0.29) is 42.8 Å². The Hall–Kier alpha value is -2.38. The van der Waals surface area contributed by atoms with Crippen molar-refractivity contribution in [1.29, 1.82) is 0 Å². The molecule has 1 atom stereocenters. The van der Waals surface area contributed by atoms with Crippen molar-refractivity contribution in [3.05, 3.63) is 53.9 Å². The van der Waals surface area contributed by atoms with Crippen LogP contribution in [0.4, 0.5) is 0 Å². The molecule has 152 valence electrons. The fourth-order valence-corrected chi connectivity index (χ4v) is 3.36. The van der Waals surface area contributed by atoms with Gasteiger partial charge in [-0.1, -0.05) is 49.6 Å². The second kappa shape index (κ2) is 10.8. The Balaban J connectivity index is 0.00000280. The molecule has 1 fully saturated rings. The van der Waals surface area contributed by atoms with E-state index in [9.17, 15) is 9.59 Å². The van der Waals surface area contributed by atoms with Crippen LogP contribution < -0.4 is 16.4 Å². The normalized spacial score (nSPS) is 15.3. The van der Waals surface area contributed by atoms with Crippen LogP contribution in [0.1, 0.15) is 54.1 Å². The lowest BCUT2D eigenvalue weighted by molar-refractivity contribution is -0.122. The molecular weight excluding hydrogens is 378 g/mol. The number of nitrogens with one attached hydrogen (secondary N) is 2. The molecule has 0 saturated heterocycles. The number of hydrogen-bond donors (Lipinski definition) is 3. The van der Waals surface area contributed by atoms with Crippen LogP contribution in [0.25, 0.3) is 0 Å². The number of carbonyl (C=O) groups excluding carboxylic acids is 2. The highest BCUT2D eigenvalue weighted by Crippen LogP contribution is 2.17. The Morgan fingerprint density at radius 2 is 1.89 bits per heavy atom. The SMILES string of the molecule is Cl.NC(CNC(=O)c1cnn(CC(=O)NC2CCCCC2)c1)c1ccccc1. The molecule has 0 bridgehead atoms.